The van der Waals surface area contributed by atoms with Gasteiger partial charge in [0.2, 0.25) is 0 Å². The third kappa shape index (κ3) is 5.50. The van der Waals surface area contributed by atoms with E-state index >= 15 is 0 Å². The number of carbonyl (C=O) groups is 1. The summed E-state index contributed by atoms with van der Waals surface area (Å²) in [5, 5.41) is 22.6. The predicted molar refractivity (Wildman–Crippen MR) is 174 cm³/mol. The Bertz CT molecular complexity index is 1860. The standard InChI is InChI=1S/C34H34ClFN6O4/c1-40-17-21(36)15-23(40)19-46-33-38-28-16-26(24-7-2-5-20-6-3-9-27(35)29(20)24)25-8-4-14-45-31(25)30(28)32(39-33)41-12-13-42(34(43)44)22(18-41)10-11-37/h2-3,5-7,9,16,21-23H,4,8,10,12-15,17-19H2,1H3,(H,43,44)/t21-,22?,23+/m1/s1. The highest BCUT2D eigenvalue weighted by atomic mass is 35.5. The zero-order valence-electron chi connectivity index (χ0n) is 25.5. The molecule has 7 rings (SSSR count). The van der Waals surface area contributed by atoms with Gasteiger partial charge in [-0.15, -0.1) is 0 Å². The summed E-state index contributed by atoms with van der Waals surface area (Å²) in [4.78, 5) is 27.0. The molecule has 238 valence electrons. The van der Waals surface area contributed by atoms with Crippen molar-refractivity contribution in [1.29, 1.82) is 5.26 Å². The zero-order chi connectivity index (χ0) is 31.9. The first-order valence-electron chi connectivity index (χ1n) is 15.6. The van der Waals surface area contributed by atoms with Crippen LogP contribution in [0.4, 0.5) is 15.0 Å². The number of benzene rings is 3. The number of nitrogens with zero attached hydrogens (tertiary/aromatic N) is 6. The van der Waals surface area contributed by atoms with E-state index < -0.39 is 18.3 Å². The molecule has 10 nitrogen and oxygen atoms in total. The second kappa shape index (κ2) is 12.4. The van der Waals surface area contributed by atoms with E-state index in [9.17, 15) is 19.6 Å². The molecule has 0 bridgehead atoms. The molecule has 3 aromatic carbocycles. The van der Waals surface area contributed by atoms with Crippen LogP contribution in [-0.4, -0.2) is 95.7 Å². The molecule has 0 spiro atoms. The van der Waals surface area contributed by atoms with E-state index in [-0.39, 0.29) is 38.2 Å². The molecule has 3 aliphatic heterocycles. The number of rotatable bonds is 6. The van der Waals surface area contributed by atoms with E-state index in [1.807, 2.05) is 53.2 Å². The van der Waals surface area contributed by atoms with Crippen molar-refractivity contribution in [2.45, 2.75) is 43.9 Å². The van der Waals surface area contributed by atoms with Crippen LogP contribution >= 0.6 is 11.6 Å². The maximum Gasteiger partial charge on any atom is 0.407 e. The fourth-order valence-electron chi connectivity index (χ4n) is 7.11. The summed E-state index contributed by atoms with van der Waals surface area (Å²) in [7, 11) is 1.88. The van der Waals surface area contributed by atoms with Crippen molar-refractivity contribution >= 4 is 45.2 Å². The molecule has 1 amide bonds. The molecule has 3 aliphatic rings. The summed E-state index contributed by atoms with van der Waals surface area (Å²) in [6, 6.07) is 15.7. The predicted octanol–water partition coefficient (Wildman–Crippen LogP) is 5.93. The molecule has 2 saturated heterocycles. The molecule has 1 N–H and O–H groups in total. The van der Waals surface area contributed by atoms with Crippen LogP contribution in [0.2, 0.25) is 5.02 Å². The number of nitriles is 1. The molecule has 12 heteroatoms. The minimum absolute atomic E-state index is 0.0498. The molecule has 46 heavy (non-hydrogen) atoms. The lowest BCUT2D eigenvalue weighted by molar-refractivity contribution is 0.119. The van der Waals surface area contributed by atoms with Gasteiger partial charge in [0.1, 0.15) is 24.3 Å². The van der Waals surface area contributed by atoms with Gasteiger partial charge >= 0.3 is 12.1 Å². The number of hydrogen-bond donors (Lipinski definition) is 1. The largest absolute Gasteiger partial charge is 0.492 e. The van der Waals surface area contributed by atoms with Crippen LogP contribution < -0.4 is 14.4 Å². The van der Waals surface area contributed by atoms with Gasteiger partial charge in [0.15, 0.2) is 0 Å². The van der Waals surface area contributed by atoms with Crippen molar-refractivity contribution < 1.29 is 23.8 Å². The van der Waals surface area contributed by atoms with Crippen molar-refractivity contribution in [2.24, 2.45) is 0 Å². The molecular weight excluding hydrogens is 611 g/mol. The number of anilines is 1. The average Bonchev–Trinajstić information content (AvgIpc) is 3.38. The van der Waals surface area contributed by atoms with Crippen LogP contribution in [0.1, 0.15) is 24.8 Å². The Morgan fingerprint density at radius 2 is 1.98 bits per heavy atom. The van der Waals surface area contributed by atoms with Crippen molar-refractivity contribution in [2.75, 3.05) is 51.3 Å². The smallest absolute Gasteiger partial charge is 0.407 e. The first kappa shape index (κ1) is 30.3. The number of fused-ring (bicyclic) bond motifs is 4. The molecule has 0 aliphatic carbocycles. The fourth-order valence-corrected chi connectivity index (χ4v) is 7.39. The fraction of sp³-hybridized carbons (Fsp3) is 0.412. The second-order valence-electron chi connectivity index (χ2n) is 12.2. The number of likely N-dealkylation sites (tertiary alicyclic amines) is 1. The summed E-state index contributed by atoms with van der Waals surface area (Å²) in [6.45, 7) is 1.96. The van der Waals surface area contributed by atoms with Gasteiger partial charge in [-0.25, -0.2) is 9.18 Å². The van der Waals surface area contributed by atoms with Crippen molar-refractivity contribution in [3.05, 3.63) is 53.1 Å². The number of piperazine rings is 1. The first-order chi connectivity index (χ1) is 22.3. The lowest BCUT2D eigenvalue weighted by Gasteiger charge is -2.40. The van der Waals surface area contributed by atoms with Gasteiger partial charge in [0, 0.05) is 48.2 Å². The summed E-state index contributed by atoms with van der Waals surface area (Å²) in [5.41, 5.74) is 3.58. The molecule has 0 saturated carbocycles. The second-order valence-corrected chi connectivity index (χ2v) is 12.6. The van der Waals surface area contributed by atoms with Gasteiger partial charge in [0.25, 0.3) is 0 Å². The topological polar surface area (TPSA) is 115 Å². The normalized spacial score (nSPS) is 21.7. The minimum atomic E-state index is -1.05. The van der Waals surface area contributed by atoms with Gasteiger partial charge in [0.05, 0.1) is 36.0 Å². The van der Waals surface area contributed by atoms with E-state index in [0.717, 1.165) is 45.7 Å². The van der Waals surface area contributed by atoms with Crippen LogP contribution in [0, 0.1) is 11.3 Å². The molecule has 3 atom stereocenters. The molecule has 4 heterocycles. The number of carboxylic acid groups (broad SMARTS) is 1. The highest BCUT2D eigenvalue weighted by Crippen LogP contribution is 2.46. The minimum Gasteiger partial charge on any atom is -0.492 e. The van der Waals surface area contributed by atoms with Crippen LogP contribution in [-0.2, 0) is 6.42 Å². The Balaban J connectivity index is 1.40. The third-order valence-corrected chi connectivity index (χ3v) is 9.68. The number of likely N-dealkylation sites (N-methyl/N-ethyl adjacent to an activating group) is 1. The van der Waals surface area contributed by atoms with Crippen molar-refractivity contribution in [3.63, 3.8) is 0 Å². The number of amides is 1. The molecular formula is C34H34ClFN6O4. The summed E-state index contributed by atoms with van der Waals surface area (Å²) < 4.78 is 26.7. The van der Waals surface area contributed by atoms with Gasteiger partial charge in [-0.1, -0.05) is 41.9 Å². The van der Waals surface area contributed by atoms with Gasteiger partial charge < -0.3 is 24.4 Å². The lowest BCUT2D eigenvalue weighted by Crippen LogP contribution is -2.55. The Hall–Kier alpha value is -4.40. The van der Waals surface area contributed by atoms with E-state index in [1.54, 1.807) is 0 Å². The van der Waals surface area contributed by atoms with E-state index in [1.165, 1.54) is 4.90 Å². The lowest BCUT2D eigenvalue weighted by atomic mass is 9.89. The highest BCUT2D eigenvalue weighted by Gasteiger charge is 2.34. The molecule has 2 fully saturated rings. The van der Waals surface area contributed by atoms with E-state index in [2.05, 4.69) is 12.1 Å². The van der Waals surface area contributed by atoms with Crippen LogP contribution in [0.5, 0.6) is 11.8 Å². The number of halogens is 2. The first-order valence-corrected chi connectivity index (χ1v) is 16.0. The Labute approximate surface area is 270 Å². The van der Waals surface area contributed by atoms with E-state index in [0.29, 0.717) is 48.2 Å². The van der Waals surface area contributed by atoms with Crippen LogP contribution in [0.3, 0.4) is 0 Å². The maximum atomic E-state index is 14.1. The number of ether oxygens (including phenoxy) is 2. The van der Waals surface area contributed by atoms with Gasteiger partial charge in [-0.05, 0) is 55.0 Å². The monoisotopic (exact) mass is 644 g/mol. The summed E-state index contributed by atoms with van der Waals surface area (Å²) in [6.07, 6.45) is 0.0794. The quantitative estimate of drug-likeness (QED) is 0.273. The van der Waals surface area contributed by atoms with Crippen molar-refractivity contribution in [3.8, 4) is 29.0 Å². The molecule has 1 aromatic heterocycles. The third-order valence-electron chi connectivity index (χ3n) is 9.36. The highest BCUT2D eigenvalue weighted by molar-refractivity contribution is 6.36. The molecule has 0 radical (unpaired) electrons. The van der Waals surface area contributed by atoms with Crippen LogP contribution in [0.15, 0.2) is 42.5 Å². The van der Waals surface area contributed by atoms with Crippen LogP contribution in [0.25, 0.3) is 32.8 Å². The summed E-state index contributed by atoms with van der Waals surface area (Å²) in [5.74, 6) is 1.26. The Kier molecular flexibility index (Phi) is 8.17. The molecule has 4 aromatic rings. The summed E-state index contributed by atoms with van der Waals surface area (Å²) >= 11 is 6.78. The number of aromatic nitrogens is 2. The SMILES string of the molecule is CN1C[C@H](F)C[C@H]1COc1nc(N2CCN(C(=O)O)C(CC#N)C2)c2c3c(c(-c4cccc5cccc(Cl)c45)cc2n1)CCCO3. The van der Waals surface area contributed by atoms with Crippen molar-refractivity contribution in [1.82, 2.24) is 19.8 Å². The van der Waals surface area contributed by atoms with Gasteiger partial charge in [-0.2, -0.15) is 15.2 Å². The zero-order valence-corrected chi connectivity index (χ0v) is 26.2. The number of hydrogen-bond acceptors (Lipinski definition) is 8. The Morgan fingerprint density at radius 3 is 2.74 bits per heavy atom. The van der Waals surface area contributed by atoms with E-state index in [4.69, 9.17) is 31.0 Å². The molecule has 1 unspecified atom stereocenters. The van der Waals surface area contributed by atoms with Gasteiger partial charge in [-0.3, -0.25) is 4.90 Å². The maximum absolute atomic E-state index is 14.1. The average molecular weight is 645 g/mol. The number of alkyl halides is 1. The Morgan fingerprint density at radius 1 is 1.15 bits per heavy atom.